The van der Waals surface area contributed by atoms with Gasteiger partial charge in [-0.25, -0.2) is 9.59 Å². The number of methoxy groups -OCH3 is 1. The topological polar surface area (TPSA) is 287 Å². The van der Waals surface area contributed by atoms with E-state index in [4.69, 9.17) is 84.5 Å². The highest BCUT2D eigenvalue weighted by Gasteiger charge is 2.45. The van der Waals surface area contributed by atoms with E-state index in [1.54, 1.807) is 45.1 Å². The summed E-state index contributed by atoms with van der Waals surface area (Å²) in [5.74, 6) is -3.31. The number of halogens is 7. The predicted octanol–water partition coefficient (Wildman–Crippen LogP) is 9.71. The van der Waals surface area contributed by atoms with Gasteiger partial charge in [0.1, 0.15) is 48.1 Å². The van der Waals surface area contributed by atoms with Crippen LogP contribution in [0.3, 0.4) is 0 Å². The Hall–Kier alpha value is -5.18. The quantitative estimate of drug-likeness (QED) is 0.0196. The van der Waals surface area contributed by atoms with E-state index in [2.05, 4.69) is 31.8 Å². The molecule has 81 heavy (non-hydrogen) atoms. The Balaban J connectivity index is 0.000000564. The SMILES string of the molecule is CC1(C)OC(c2ccco2)CN1C(=O)C(Cl)Cl.CCOC(=O)C(C)OC(=O)c1cc(Oc2ccc(C(F)(F)F)cc2Cl)ccc1[N+](=O)[O-].CCc1cccc(C)c1N(C(=O)CCl)C(C)COC.C[S+](C)C.O=C(O)CNCP(=O)([O-])O. The van der Waals surface area contributed by atoms with E-state index in [1.807, 2.05) is 37.4 Å². The highest BCUT2D eigenvalue weighted by atomic mass is 35.5. The van der Waals surface area contributed by atoms with Crippen LogP contribution in [0, 0.1) is 17.0 Å². The van der Waals surface area contributed by atoms with Gasteiger partial charge in [-0.15, -0.1) is 11.6 Å². The highest BCUT2D eigenvalue weighted by molar-refractivity contribution is 7.94. The molecule has 0 saturated carbocycles. The summed E-state index contributed by atoms with van der Waals surface area (Å²) in [7, 11) is -2.07. The van der Waals surface area contributed by atoms with Crippen molar-refractivity contribution in [2.75, 3.05) is 69.2 Å². The summed E-state index contributed by atoms with van der Waals surface area (Å²) in [6.45, 7) is 12.9. The predicted molar refractivity (Wildman–Crippen MR) is 301 cm³/mol. The lowest BCUT2D eigenvalue weighted by atomic mass is 10.0. The molecule has 4 unspecified atom stereocenters. The van der Waals surface area contributed by atoms with Crippen molar-refractivity contribution in [1.82, 2.24) is 10.2 Å². The van der Waals surface area contributed by atoms with E-state index in [-0.39, 0.29) is 53.0 Å². The monoisotopic (exact) mass is 1270 g/mol. The van der Waals surface area contributed by atoms with Crippen molar-refractivity contribution >= 4 is 106 Å². The number of hydrogen-bond acceptors (Lipinski definition) is 16. The molecule has 30 heteroatoms. The maximum atomic E-state index is 12.8. The number of carboxylic acids is 1. The first-order chi connectivity index (χ1) is 37.6. The maximum absolute atomic E-state index is 12.8. The lowest BCUT2D eigenvalue weighted by Gasteiger charge is -2.31. The Labute approximate surface area is 490 Å². The summed E-state index contributed by atoms with van der Waals surface area (Å²) < 4.78 is 79.4. The van der Waals surface area contributed by atoms with E-state index in [9.17, 15) is 56.7 Å². The van der Waals surface area contributed by atoms with Crippen molar-refractivity contribution in [3.63, 3.8) is 0 Å². The van der Waals surface area contributed by atoms with Crippen molar-refractivity contribution in [2.45, 2.75) is 89.9 Å². The van der Waals surface area contributed by atoms with Crippen molar-refractivity contribution in [2.24, 2.45) is 0 Å². The van der Waals surface area contributed by atoms with Crippen molar-refractivity contribution in [1.29, 1.82) is 0 Å². The molecule has 3 aromatic carbocycles. The number of esters is 2. The van der Waals surface area contributed by atoms with Crippen LogP contribution in [0.1, 0.15) is 80.5 Å². The number of para-hydroxylation sites is 1. The summed E-state index contributed by atoms with van der Waals surface area (Å²) in [5, 5.41) is 20.8. The number of hydrogen-bond donors (Lipinski definition) is 3. The van der Waals surface area contributed by atoms with Crippen LogP contribution in [0.2, 0.25) is 5.02 Å². The van der Waals surface area contributed by atoms with Crippen LogP contribution >= 0.6 is 54.0 Å². The Morgan fingerprint density at radius 3 is 2.15 bits per heavy atom. The molecule has 4 atom stereocenters. The van der Waals surface area contributed by atoms with Gasteiger partial charge in [-0.05, 0) is 106 Å². The van der Waals surface area contributed by atoms with Gasteiger partial charge in [0.2, 0.25) is 5.91 Å². The third kappa shape index (κ3) is 25.9. The normalized spacial score (nSPS) is 14.8. The molecule has 21 nitrogen and oxygen atoms in total. The summed E-state index contributed by atoms with van der Waals surface area (Å²) in [5.41, 5.74) is 0.304. The zero-order valence-electron chi connectivity index (χ0n) is 46.0. The lowest BCUT2D eigenvalue weighted by molar-refractivity contribution is -0.385. The molecule has 1 aliphatic heterocycles. The molecule has 1 fully saturated rings. The van der Waals surface area contributed by atoms with Crippen LogP contribution in [-0.2, 0) is 66.2 Å². The number of aliphatic carboxylic acids is 1. The van der Waals surface area contributed by atoms with E-state index in [0.717, 1.165) is 53.6 Å². The summed E-state index contributed by atoms with van der Waals surface area (Å²) in [6, 6.07) is 15.0. The van der Waals surface area contributed by atoms with Gasteiger partial charge in [0.05, 0.1) is 84.9 Å². The average molecular weight is 1270 g/mol. The van der Waals surface area contributed by atoms with E-state index >= 15 is 0 Å². The molecule has 0 aliphatic carbocycles. The number of nitrogens with one attached hydrogen (secondary N) is 1. The number of amides is 2. The molecule has 0 radical (unpaired) electrons. The Morgan fingerprint density at radius 2 is 1.67 bits per heavy atom. The van der Waals surface area contributed by atoms with Crippen LogP contribution in [0.4, 0.5) is 24.5 Å². The number of anilines is 1. The second-order valence-corrected chi connectivity index (χ2v) is 23.6. The number of aryl methyl sites for hydroxylation is 2. The largest absolute Gasteiger partial charge is 0.778 e. The van der Waals surface area contributed by atoms with Crippen LogP contribution in [0.15, 0.2) is 77.4 Å². The maximum Gasteiger partial charge on any atom is 0.416 e. The average Bonchev–Trinajstić information content (AvgIpc) is 4.05. The van der Waals surface area contributed by atoms with Crippen molar-refractivity contribution in [3.05, 3.63) is 116 Å². The van der Waals surface area contributed by atoms with Crippen LogP contribution in [0.25, 0.3) is 0 Å². The molecule has 1 saturated heterocycles. The Morgan fingerprint density at radius 1 is 1.04 bits per heavy atom. The Kier molecular flexibility index (Phi) is 32.0. The summed E-state index contributed by atoms with van der Waals surface area (Å²) in [6.07, 6.45) is 2.10. The minimum Gasteiger partial charge on any atom is -0.778 e. The number of nitro benzene ring substituents is 1. The molecule has 452 valence electrons. The van der Waals surface area contributed by atoms with Gasteiger partial charge in [-0.1, -0.05) is 59.9 Å². The second kappa shape index (κ2) is 35.1. The molecular weight excluding hydrogens is 1200 g/mol. The fourth-order valence-electron chi connectivity index (χ4n) is 6.88. The molecule has 0 spiro atoms. The zero-order valence-corrected chi connectivity index (χ0v) is 50.8. The first-order valence-corrected chi connectivity index (χ1v) is 30.0. The van der Waals surface area contributed by atoms with E-state index < -0.39 is 82.9 Å². The molecule has 5 rings (SSSR count). The highest BCUT2D eigenvalue weighted by Crippen LogP contribution is 2.39. The lowest BCUT2D eigenvalue weighted by Crippen LogP contribution is -2.45. The molecule has 1 aromatic heterocycles. The van der Waals surface area contributed by atoms with Gasteiger partial charge in [0.25, 0.3) is 11.6 Å². The third-order valence-electron chi connectivity index (χ3n) is 10.3. The number of rotatable bonds is 19. The van der Waals surface area contributed by atoms with Gasteiger partial charge in [0.15, 0.2) is 10.9 Å². The van der Waals surface area contributed by atoms with Crippen LogP contribution in [0.5, 0.6) is 11.5 Å². The van der Waals surface area contributed by atoms with Crippen LogP contribution < -0.4 is 19.8 Å². The van der Waals surface area contributed by atoms with Crippen LogP contribution in [-0.4, -0.2) is 137 Å². The fourth-order valence-corrected chi connectivity index (χ4v) is 7.85. The molecule has 0 bridgehead atoms. The number of carbonyl (C=O) groups is 5. The van der Waals surface area contributed by atoms with E-state index in [1.165, 1.54) is 11.8 Å². The number of carbonyl (C=O) groups excluding carboxylic acids is 4. The Bertz CT molecular complexity index is 2740. The summed E-state index contributed by atoms with van der Waals surface area (Å²) >= 11 is 22.8. The zero-order chi connectivity index (χ0) is 62.2. The minimum atomic E-state index is -4.61. The van der Waals surface area contributed by atoms with Gasteiger partial charge < -0.3 is 57.4 Å². The number of nitrogens with zero attached hydrogens (tertiary/aromatic N) is 3. The fraction of sp³-hybridized carbons (Fsp3) is 0.471. The number of ether oxygens (including phenoxy) is 5. The van der Waals surface area contributed by atoms with Gasteiger partial charge in [-0.2, -0.15) is 13.2 Å². The second-order valence-electron chi connectivity index (χ2n) is 17.8. The molecule has 1 aliphatic rings. The first-order valence-electron chi connectivity index (χ1n) is 24.0. The number of benzene rings is 3. The van der Waals surface area contributed by atoms with Gasteiger partial charge in [-0.3, -0.25) is 29.8 Å². The minimum absolute atomic E-state index is 0.0223. The summed E-state index contributed by atoms with van der Waals surface area (Å²) in [4.78, 5) is 88.4. The molecule has 3 N–H and O–H groups in total. The number of nitro groups is 1. The van der Waals surface area contributed by atoms with Crippen molar-refractivity contribution < 1.29 is 89.6 Å². The number of furan rings is 1. The standard InChI is InChI=1S/C19H15ClF3NO7.C15H22ClNO2.C11H13Cl2NO3.C3H8NO5P.C3H9S/c1-3-29-17(25)10(2)30-18(26)13-9-12(5-6-15(13)24(27)28)31-16-7-4-11(8-14(16)20)19(21,22)23;1-5-13-8-6-7-11(2)15(13)17(14(18)9-16)12(3)10-19-4;1-11(2)14(10(15)9(12)13)6-8(17-11)7-4-3-5-16-7;5-3(6)1-4-2-10(7,8)9;1-4(2)3/h4-10H,3H2,1-2H3;6-8,12H,5,9-10H2,1-4H3;3-5,8-9H,6H2,1-2H3;4H,1-2H2,(H,5,6)(H2,7,8,9);1-3H3/q;;;;+1/p-1. The number of alkyl halides is 6. The van der Waals surface area contributed by atoms with Gasteiger partial charge >= 0.3 is 24.1 Å². The van der Waals surface area contributed by atoms with E-state index in [0.29, 0.717) is 35.9 Å². The molecular formula is C51H66Cl4F3N4O17PS. The molecule has 2 heterocycles. The molecule has 2 amide bonds. The smallest absolute Gasteiger partial charge is 0.416 e. The number of carboxylic acid groups (broad SMARTS) is 1. The first kappa shape index (κ1) is 73.8. The van der Waals surface area contributed by atoms with Gasteiger partial charge in [0, 0.05) is 19.2 Å². The van der Waals surface area contributed by atoms with Crippen molar-refractivity contribution in [3.8, 4) is 11.5 Å². The third-order valence-corrected chi connectivity index (χ3v) is 11.8. The molecule has 4 aromatic rings.